The SMILES string of the molecule is CC(C)Cc1nc2c(c(-c3ccc(C(=O)N[C@H]4CCc5ccccc54)s3)c1C(N)=O)C(=O)N[C@H](Cc1ccc(F)cc1)C2. The molecule has 4 aromatic rings. The number of aryl methyl sites for hydroxylation is 1. The summed E-state index contributed by atoms with van der Waals surface area (Å²) >= 11 is 1.23. The summed E-state index contributed by atoms with van der Waals surface area (Å²) in [6.07, 6.45) is 3.20. The van der Waals surface area contributed by atoms with Gasteiger partial charge in [-0.05, 0) is 72.6 Å². The van der Waals surface area contributed by atoms with Crippen molar-refractivity contribution in [3.05, 3.63) is 111 Å². The van der Waals surface area contributed by atoms with Crippen molar-refractivity contribution in [2.45, 2.75) is 58.0 Å². The van der Waals surface area contributed by atoms with E-state index in [2.05, 4.69) is 16.7 Å². The van der Waals surface area contributed by atoms with Crippen LogP contribution in [0, 0.1) is 11.7 Å². The van der Waals surface area contributed by atoms with E-state index in [1.807, 2.05) is 32.0 Å². The first-order valence-electron chi connectivity index (χ1n) is 14.6. The van der Waals surface area contributed by atoms with Crippen LogP contribution in [0.2, 0.25) is 0 Å². The minimum absolute atomic E-state index is 0.0643. The number of thiophene rings is 1. The van der Waals surface area contributed by atoms with E-state index in [-0.39, 0.29) is 41.2 Å². The molecule has 0 saturated carbocycles. The average Bonchev–Trinajstić information content (AvgIpc) is 3.61. The van der Waals surface area contributed by atoms with Crippen LogP contribution in [0.5, 0.6) is 0 Å². The molecule has 2 aliphatic rings. The van der Waals surface area contributed by atoms with E-state index in [0.29, 0.717) is 51.5 Å². The highest BCUT2D eigenvalue weighted by atomic mass is 32.1. The van der Waals surface area contributed by atoms with Gasteiger partial charge in [-0.2, -0.15) is 0 Å². The van der Waals surface area contributed by atoms with Crippen molar-refractivity contribution in [2.24, 2.45) is 11.7 Å². The van der Waals surface area contributed by atoms with E-state index in [0.717, 1.165) is 24.0 Å². The first-order chi connectivity index (χ1) is 20.7. The van der Waals surface area contributed by atoms with E-state index < -0.39 is 5.91 Å². The van der Waals surface area contributed by atoms with Gasteiger partial charge in [-0.3, -0.25) is 19.4 Å². The monoisotopic (exact) mass is 596 g/mol. The number of hydrogen-bond acceptors (Lipinski definition) is 5. The summed E-state index contributed by atoms with van der Waals surface area (Å²) < 4.78 is 13.5. The Balaban J connectivity index is 1.36. The van der Waals surface area contributed by atoms with Gasteiger partial charge in [0.15, 0.2) is 0 Å². The number of amides is 3. The number of primary amides is 1. The molecule has 0 spiro atoms. The Morgan fingerprint density at radius 1 is 1.09 bits per heavy atom. The number of halogens is 1. The molecule has 1 aliphatic carbocycles. The molecular formula is C34H33FN4O3S. The van der Waals surface area contributed by atoms with Crippen molar-refractivity contribution in [1.82, 2.24) is 15.6 Å². The molecule has 3 heterocycles. The van der Waals surface area contributed by atoms with Gasteiger partial charge in [0, 0.05) is 22.9 Å². The molecule has 9 heteroatoms. The molecular weight excluding hydrogens is 563 g/mol. The smallest absolute Gasteiger partial charge is 0.261 e. The maximum Gasteiger partial charge on any atom is 0.261 e. The van der Waals surface area contributed by atoms with Crippen LogP contribution in [0.4, 0.5) is 4.39 Å². The van der Waals surface area contributed by atoms with Gasteiger partial charge < -0.3 is 16.4 Å². The summed E-state index contributed by atoms with van der Waals surface area (Å²) in [5.41, 5.74) is 11.3. The largest absolute Gasteiger partial charge is 0.366 e. The zero-order chi connectivity index (χ0) is 30.2. The standard InChI is InChI=1S/C34H33FN4O3S/c1-18(2)15-25-29(32(36)40)31(30-26(38-25)17-22(37-34(30)42)16-19-7-10-21(35)11-8-19)27-13-14-28(43-27)33(41)39-24-12-9-20-5-3-4-6-23(20)24/h3-8,10-11,13-14,18,22,24H,9,12,15-17H2,1-2H3,(H2,36,40)(H,37,42)(H,39,41)/t22-,24+/m1/s1. The number of aromatic nitrogens is 1. The second-order valence-electron chi connectivity index (χ2n) is 11.7. The third-order valence-electron chi connectivity index (χ3n) is 8.11. The van der Waals surface area contributed by atoms with E-state index in [9.17, 15) is 18.8 Å². The maximum atomic E-state index is 13.7. The van der Waals surface area contributed by atoms with Gasteiger partial charge >= 0.3 is 0 Å². The van der Waals surface area contributed by atoms with Crippen molar-refractivity contribution in [3.63, 3.8) is 0 Å². The Morgan fingerprint density at radius 3 is 2.60 bits per heavy atom. The highest BCUT2D eigenvalue weighted by molar-refractivity contribution is 7.17. The van der Waals surface area contributed by atoms with Gasteiger partial charge in [-0.1, -0.05) is 50.2 Å². The topological polar surface area (TPSA) is 114 Å². The van der Waals surface area contributed by atoms with Crippen LogP contribution in [0.1, 0.15) is 84.8 Å². The van der Waals surface area contributed by atoms with Gasteiger partial charge in [0.25, 0.3) is 17.7 Å². The van der Waals surface area contributed by atoms with Gasteiger partial charge in [-0.25, -0.2) is 4.39 Å². The number of nitrogens with two attached hydrogens (primary N) is 1. The summed E-state index contributed by atoms with van der Waals surface area (Å²) in [4.78, 5) is 46.0. The fourth-order valence-corrected chi connectivity index (χ4v) is 7.19. The van der Waals surface area contributed by atoms with Gasteiger partial charge in [0.1, 0.15) is 5.82 Å². The Kier molecular flexibility index (Phi) is 7.83. The molecule has 220 valence electrons. The Hall–Kier alpha value is -4.37. The molecule has 0 bridgehead atoms. The number of nitrogens with one attached hydrogen (secondary N) is 2. The minimum Gasteiger partial charge on any atom is -0.366 e. The number of fused-ring (bicyclic) bond motifs is 2. The second kappa shape index (κ2) is 11.7. The molecule has 3 amide bonds. The summed E-state index contributed by atoms with van der Waals surface area (Å²) in [5.74, 6) is -1.35. The summed E-state index contributed by atoms with van der Waals surface area (Å²) in [7, 11) is 0. The van der Waals surface area contributed by atoms with Crippen LogP contribution in [-0.4, -0.2) is 28.7 Å². The lowest BCUT2D eigenvalue weighted by Gasteiger charge is -2.28. The van der Waals surface area contributed by atoms with Crippen molar-refractivity contribution in [3.8, 4) is 10.4 Å². The molecule has 7 nitrogen and oxygen atoms in total. The highest BCUT2D eigenvalue weighted by Gasteiger charge is 2.34. The molecule has 1 aliphatic heterocycles. The van der Waals surface area contributed by atoms with Crippen LogP contribution in [-0.2, 0) is 25.7 Å². The van der Waals surface area contributed by atoms with Crippen LogP contribution in [0.3, 0.4) is 0 Å². The van der Waals surface area contributed by atoms with Gasteiger partial charge in [0.05, 0.1) is 33.4 Å². The second-order valence-corrected chi connectivity index (χ2v) is 12.8. The zero-order valence-corrected chi connectivity index (χ0v) is 24.9. The molecule has 4 N–H and O–H groups in total. The summed E-state index contributed by atoms with van der Waals surface area (Å²) in [5, 5.41) is 6.22. The molecule has 43 heavy (non-hydrogen) atoms. The average molecular weight is 597 g/mol. The third-order valence-corrected chi connectivity index (χ3v) is 9.21. The number of carbonyl (C=O) groups is 3. The van der Waals surface area contributed by atoms with Crippen LogP contribution in [0.25, 0.3) is 10.4 Å². The van der Waals surface area contributed by atoms with Crippen molar-refractivity contribution in [2.75, 3.05) is 0 Å². The number of nitrogens with zero attached hydrogens (tertiary/aromatic N) is 1. The number of hydrogen-bond donors (Lipinski definition) is 3. The first kappa shape index (κ1) is 28.7. The van der Waals surface area contributed by atoms with Crippen LogP contribution >= 0.6 is 11.3 Å². The van der Waals surface area contributed by atoms with Crippen LogP contribution in [0.15, 0.2) is 60.7 Å². The quantitative estimate of drug-likeness (QED) is 0.247. The summed E-state index contributed by atoms with van der Waals surface area (Å²) in [6, 6.07) is 17.5. The fourth-order valence-electron chi connectivity index (χ4n) is 6.23. The zero-order valence-electron chi connectivity index (χ0n) is 24.1. The minimum atomic E-state index is -0.663. The Labute approximate surface area is 253 Å². The number of rotatable bonds is 8. The first-order valence-corrected chi connectivity index (χ1v) is 15.4. The Bertz CT molecular complexity index is 1730. The van der Waals surface area contributed by atoms with Crippen molar-refractivity contribution in [1.29, 1.82) is 0 Å². The lowest BCUT2D eigenvalue weighted by atomic mass is 9.87. The van der Waals surface area contributed by atoms with Crippen LogP contribution < -0.4 is 16.4 Å². The third kappa shape index (κ3) is 5.82. The van der Waals surface area contributed by atoms with E-state index in [1.54, 1.807) is 24.3 Å². The normalized spacial score (nSPS) is 17.3. The molecule has 0 fully saturated rings. The maximum absolute atomic E-state index is 13.7. The van der Waals surface area contributed by atoms with Gasteiger partial charge in [0.2, 0.25) is 0 Å². The molecule has 2 aromatic carbocycles. The Morgan fingerprint density at radius 2 is 1.86 bits per heavy atom. The van der Waals surface area contributed by atoms with E-state index in [1.165, 1.54) is 29.0 Å². The molecule has 0 radical (unpaired) electrons. The molecule has 2 aromatic heterocycles. The predicted molar refractivity (Wildman–Crippen MR) is 165 cm³/mol. The highest BCUT2D eigenvalue weighted by Crippen LogP contribution is 2.39. The van der Waals surface area contributed by atoms with Crippen molar-refractivity contribution < 1.29 is 18.8 Å². The summed E-state index contributed by atoms with van der Waals surface area (Å²) in [6.45, 7) is 4.06. The van der Waals surface area contributed by atoms with Crippen molar-refractivity contribution >= 4 is 29.1 Å². The molecule has 0 saturated heterocycles. The predicted octanol–water partition coefficient (Wildman–Crippen LogP) is 5.56. The van der Waals surface area contributed by atoms with Gasteiger partial charge in [-0.15, -0.1) is 11.3 Å². The number of benzene rings is 2. The van der Waals surface area contributed by atoms with E-state index in [4.69, 9.17) is 10.7 Å². The lowest BCUT2D eigenvalue weighted by Crippen LogP contribution is -2.44. The number of pyridine rings is 1. The molecule has 0 unspecified atom stereocenters. The number of carbonyl (C=O) groups excluding carboxylic acids is 3. The lowest BCUT2D eigenvalue weighted by molar-refractivity contribution is 0.0921. The molecule has 2 atom stereocenters. The fraction of sp³-hybridized carbons (Fsp3) is 0.294. The van der Waals surface area contributed by atoms with E-state index >= 15 is 0 Å². The molecule has 6 rings (SSSR count).